The normalized spacial score (nSPS) is 16.9. The zero-order chi connectivity index (χ0) is 14.1. The van der Waals surface area contributed by atoms with Crippen LogP contribution in [0.3, 0.4) is 0 Å². The highest BCUT2D eigenvalue weighted by Gasteiger charge is 2.19. The highest BCUT2D eigenvalue weighted by molar-refractivity contribution is 5.73. The van der Waals surface area contributed by atoms with Gasteiger partial charge in [-0.25, -0.2) is 0 Å². The Morgan fingerprint density at radius 2 is 1.80 bits per heavy atom. The lowest BCUT2D eigenvalue weighted by atomic mass is 10.0. The minimum Gasteiger partial charge on any atom is -0.497 e. The van der Waals surface area contributed by atoms with Crippen LogP contribution in [-0.2, 0) is 0 Å². The summed E-state index contributed by atoms with van der Waals surface area (Å²) in [5, 5.41) is 7.13. The smallest absolute Gasteiger partial charge is 0.119 e. The van der Waals surface area contributed by atoms with Gasteiger partial charge in [0.2, 0.25) is 0 Å². The van der Waals surface area contributed by atoms with Gasteiger partial charge in [0, 0.05) is 6.54 Å². The van der Waals surface area contributed by atoms with E-state index in [0.717, 1.165) is 12.3 Å². The third-order valence-electron chi connectivity index (χ3n) is 3.96. The molecule has 2 aromatic rings. The van der Waals surface area contributed by atoms with Crippen LogP contribution in [-0.4, -0.2) is 13.7 Å². The third-order valence-corrected chi connectivity index (χ3v) is 3.96. The van der Waals surface area contributed by atoms with Crippen LogP contribution in [0.2, 0.25) is 0 Å². The highest BCUT2D eigenvalue weighted by atomic mass is 16.5. The summed E-state index contributed by atoms with van der Waals surface area (Å²) < 4.78 is 5.30. The first-order chi connectivity index (χ1) is 9.67. The molecule has 0 fully saturated rings. The molecule has 0 aliphatic carbocycles. The van der Waals surface area contributed by atoms with Crippen LogP contribution in [0.4, 0.5) is 11.4 Å². The lowest BCUT2D eigenvalue weighted by molar-refractivity contribution is 0.414. The quantitative estimate of drug-likeness (QED) is 0.867. The van der Waals surface area contributed by atoms with Crippen molar-refractivity contribution in [1.29, 1.82) is 0 Å². The van der Waals surface area contributed by atoms with E-state index in [1.807, 2.05) is 12.1 Å². The first-order valence-corrected chi connectivity index (χ1v) is 6.93. The molecule has 0 bridgehead atoms. The molecule has 0 aromatic heterocycles. The maximum absolute atomic E-state index is 5.30. The van der Waals surface area contributed by atoms with Gasteiger partial charge in [0.15, 0.2) is 0 Å². The molecule has 1 aliphatic rings. The van der Waals surface area contributed by atoms with Gasteiger partial charge in [-0.15, -0.1) is 0 Å². The number of nitrogens with one attached hydrogen (secondary N) is 2. The van der Waals surface area contributed by atoms with Crippen LogP contribution in [0.15, 0.2) is 36.4 Å². The van der Waals surface area contributed by atoms with Crippen molar-refractivity contribution in [2.45, 2.75) is 19.9 Å². The van der Waals surface area contributed by atoms with Gasteiger partial charge in [-0.05, 0) is 54.8 Å². The van der Waals surface area contributed by atoms with Crippen LogP contribution in [0.25, 0.3) is 0 Å². The second-order valence-electron chi connectivity index (χ2n) is 5.34. The minimum absolute atomic E-state index is 0.264. The molecular weight excluding hydrogens is 248 g/mol. The van der Waals surface area contributed by atoms with E-state index in [0.29, 0.717) is 0 Å². The Bertz CT molecular complexity index is 637. The maximum Gasteiger partial charge on any atom is 0.119 e. The SMILES string of the molecule is COc1cccc([C@H]2CNc3cc(C)c(C)cc3N2)c1. The summed E-state index contributed by atoms with van der Waals surface area (Å²) in [6, 6.07) is 12.9. The third kappa shape index (κ3) is 2.31. The molecule has 0 radical (unpaired) electrons. The molecule has 1 atom stereocenters. The van der Waals surface area contributed by atoms with E-state index in [1.54, 1.807) is 7.11 Å². The first kappa shape index (κ1) is 12.9. The van der Waals surface area contributed by atoms with Crippen LogP contribution >= 0.6 is 0 Å². The zero-order valence-corrected chi connectivity index (χ0v) is 12.2. The number of methoxy groups -OCH3 is 1. The molecule has 0 spiro atoms. The van der Waals surface area contributed by atoms with Gasteiger partial charge >= 0.3 is 0 Å². The van der Waals surface area contributed by atoms with Gasteiger partial charge in [-0.2, -0.15) is 0 Å². The molecule has 3 rings (SSSR count). The van der Waals surface area contributed by atoms with Crippen molar-refractivity contribution in [3.63, 3.8) is 0 Å². The van der Waals surface area contributed by atoms with Gasteiger partial charge in [-0.3, -0.25) is 0 Å². The fraction of sp³-hybridized carbons (Fsp3) is 0.294. The molecule has 3 nitrogen and oxygen atoms in total. The molecule has 1 heterocycles. The Morgan fingerprint density at radius 1 is 1.05 bits per heavy atom. The summed E-state index contributed by atoms with van der Waals surface area (Å²) in [6.45, 7) is 5.17. The molecule has 2 N–H and O–H groups in total. The average molecular weight is 268 g/mol. The summed E-state index contributed by atoms with van der Waals surface area (Å²) in [5.41, 5.74) is 6.22. The van der Waals surface area contributed by atoms with E-state index in [9.17, 15) is 0 Å². The zero-order valence-electron chi connectivity index (χ0n) is 12.2. The van der Waals surface area contributed by atoms with Gasteiger partial charge in [0.05, 0.1) is 24.5 Å². The number of rotatable bonds is 2. The highest BCUT2D eigenvalue weighted by Crippen LogP contribution is 2.34. The van der Waals surface area contributed by atoms with Gasteiger partial charge in [-0.1, -0.05) is 12.1 Å². The fourth-order valence-electron chi connectivity index (χ4n) is 2.59. The molecule has 104 valence electrons. The number of benzene rings is 2. The topological polar surface area (TPSA) is 33.3 Å². The molecule has 3 heteroatoms. The summed E-state index contributed by atoms with van der Waals surface area (Å²) in [7, 11) is 1.70. The summed E-state index contributed by atoms with van der Waals surface area (Å²) >= 11 is 0. The molecule has 1 aliphatic heterocycles. The molecule has 0 unspecified atom stereocenters. The predicted molar refractivity (Wildman–Crippen MR) is 83.8 cm³/mol. The van der Waals surface area contributed by atoms with Crippen molar-refractivity contribution >= 4 is 11.4 Å². The Hall–Kier alpha value is -2.16. The van der Waals surface area contributed by atoms with E-state index in [4.69, 9.17) is 4.74 Å². The Balaban J connectivity index is 1.89. The van der Waals surface area contributed by atoms with Crippen LogP contribution in [0, 0.1) is 13.8 Å². The lowest BCUT2D eigenvalue weighted by Gasteiger charge is -2.29. The summed E-state index contributed by atoms with van der Waals surface area (Å²) in [6.07, 6.45) is 0. The molecule has 20 heavy (non-hydrogen) atoms. The number of hydrogen-bond acceptors (Lipinski definition) is 3. The summed E-state index contributed by atoms with van der Waals surface area (Å²) in [4.78, 5) is 0. The van der Waals surface area contributed by atoms with E-state index in [1.165, 1.54) is 28.1 Å². The molecule has 0 amide bonds. The molecule has 0 saturated heterocycles. The van der Waals surface area contributed by atoms with Crippen LogP contribution in [0.1, 0.15) is 22.7 Å². The van der Waals surface area contributed by atoms with E-state index < -0.39 is 0 Å². The monoisotopic (exact) mass is 268 g/mol. The van der Waals surface area contributed by atoms with Crippen molar-refractivity contribution in [2.24, 2.45) is 0 Å². The first-order valence-electron chi connectivity index (χ1n) is 6.93. The van der Waals surface area contributed by atoms with Gasteiger partial charge in [0.25, 0.3) is 0 Å². The molecule has 0 saturated carbocycles. The van der Waals surface area contributed by atoms with Crippen molar-refractivity contribution in [3.8, 4) is 5.75 Å². The Kier molecular flexibility index (Phi) is 3.26. The minimum atomic E-state index is 0.264. The van der Waals surface area contributed by atoms with E-state index in [2.05, 4.69) is 48.7 Å². The van der Waals surface area contributed by atoms with Gasteiger partial charge < -0.3 is 15.4 Å². The average Bonchev–Trinajstić information content (AvgIpc) is 2.48. The van der Waals surface area contributed by atoms with Crippen LogP contribution in [0.5, 0.6) is 5.75 Å². The molecule has 2 aromatic carbocycles. The lowest BCUT2D eigenvalue weighted by Crippen LogP contribution is -2.26. The number of hydrogen-bond donors (Lipinski definition) is 2. The van der Waals surface area contributed by atoms with E-state index >= 15 is 0 Å². The largest absolute Gasteiger partial charge is 0.497 e. The molecular formula is C17H20N2O. The Labute approximate surface area is 120 Å². The van der Waals surface area contributed by atoms with E-state index in [-0.39, 0.29) is 6.04 Å². The van der Waals surface area contributed by atoms with Crippen molar-refractivity contribution in [1.82, 2.24) is 0 Å². The number of anilines is 2. The van der Waals surface area contributed by atoms with Gasteiger partial charge in [0.1, 0.15) is 5.75 Å². The number of fused-ring (bicyclic) bond motifs is 1. The second kappa shape index (κ2) is 5.08. The van der Waals surface area contributed by atoms with Crippen molar-refractivity contribution < 1.29 is 4.74 Å². The van der Waals surface area contributed by atoms with Crippen LogP contribution < -0.4 is 15.4 Å². The predicted octanol–water partition coefficient (Wildman–Crippen LogP) is 3.89. The number of ether oxygens (including phenoxy) is 1. The number of aryl methyl sites for hydroxylation is 2. The van der Waals surface area contributed by atoms with Crippen molar-refractivity contribution in [2.75, 3.05) is 24.3 Å². The maximum atomic E-state index is 5.30. The second-order valence-corrected chi connectivity index (χ2v) is 5.34. The van der Waals surface area contributed by atoms with Crippen molar-refractivity contribution in [3.05, 3.63) is 53.1 Å². The standard InChI is InChI=1S/C17H20N2O/c1-11-7-15-16(8-12(11)2)19-17(10-18-15)13-5-4-6-14(9-13)20-3/h4-9,17-19H,10H2,1-3H3/t17-/m1/s1. The Morgan fingerprint density at radius 3 is 2.55 bits per heavy atom. The fourth-order valence-corrected chi connectivity index (χ4v) is 2.59. The summed E-state index contributed by atoms with van der Waals surface area (Å²) in [5.74, 6) is 0.898.